The molecule has 0 aliphatic carbocycles. The maximum Gasteiger partial charge on any atom is 0.341 e. The molecule has 3 aromatic rings. The lowest BCUT2D eigenvalue weighted by molar-refractivity contribution is 0.0318. The number of nitrogens with zero attached hydrogens (tertiary/aromatic N) is 2. The Morgan fingerprint density at radius 3 is 2.37 bits per heavy atom. The molecule has 0 aliphatic rings. The van der Waals surface area contributed by atoms with E-state index in [2.05, 4.69) is 54.1 Å². The Labute approximate surface area is 179 Å². The van der Waals surface area contributed by atoms with Crippen LogP contribution in [0.15, 0.2) is 60.9 Å². The van der Waals surface area contributed by atoms with Gasteiger partial charge in [0.2, 0.25) is 0 Å². The van der Waals surface area contributed by atoms with Crippen LogP contribution >= 0.6 is 0 Å². The summed E-state index contributed by atoms with van der Waals surface area (Å²) in [5, 5.41) is 0. The number of carbonyl (C=O) groups excluding carboxylic acids is 1. The molecule has 0 unspecified atom stereocenters. The molecule has 0 radical (unpaired) electrons. The Balaban J connectivity index is 1.84. The minimum Gasteiger partial charge on any atom is -0.459 e. The lowest BCUT2D eigenvalue weighted by atomic mass is 9.93. The van der Waals surface area contributed by atoms with E-state index < -0.39 is 0 Å². The fraction of sp³-hybridized carbons (Fsp3) is 0.346. The molecule has 2 aromatic carbocycles. The van der Waals surface area contributed by atoms with Crippen molar-refractivity contribution >= 4 is 5.97 Å². The first-order chi connectivity index (χ1) is 14.6. The lowest BCUT2D eigenvalue weighted by Gasteiger charge is -2.14. The highest BCUT2D eigenvalue weighted by Crippen LogP contribution is 2.33. The highest BCUT2D eigenvalue weighted by molar-refractivity contribution is 5.89. The van der Waals surface area contributed by atoms with Gasteiger partial charge < -0.3 is 4.74 Å². The standard InChI is InChI=1S/C26H30N2O2/c1-4-6-8-12-19(3)30-26(29)22-17-27-25(28-18-22)24-20(5-2)15-11-16-23(24)21-13-9-7-10-14-21/h7,9-11,13-19H,4-6,8,12H2,1-3H3/t19-/m1/s1. The van der Waals surface area contributed by atoms with Crippen molar-refractivity contribution in [1.82, 2.24) is 9.97 Å². The number of aryl methyl sites for hydroxylation is 1. The molecule has 156 valence electrons. The smallest absolute Gasteiger partial charge is 0.341 e. The maximum absolute atomic E-state index is 12.4. The molecule has 3 rings (SSSR count). The largest absolute Gasteiger partial charge is 0.459 e. The van der Waals surface area contributed by atoms with Gasteiger partial charge in [-0.15, -0.1) is 0 Å². The third-order valence-corrected chi connectivity index (χ3v) is 5.25. The van der Waals surface area contributed by atoms with Gasteiger partial charge in [0.25, 0.3) is 0 Å². The van der Waals surface area contributed by atoms with Gasteiger partial charge >= 0.3 is 5.97 Å². The van der Waals surface area contributed by atoms with E-state index in [1.165, 1.54) is 5.56 Å². The number of hydrogen-bond acceptors (Lipinski definition) is 4. The Kier molecular flexibility index (Phi) is 7.72. The van der Waals surface area contributed by atoms with Crippen molar-refractivity contribution in [2.75, 3.05) is 0 Å². The molecule has 1 heterocycles. The van der Waals surface area contributed by atoms with Crippen LogP contribution in [0.2, 0.25) is 0 Å². The van der Waals surface area contributed by atoms with Crippen LogP contribution < -0.4 is 0 Å². The molecular formula is C26H30N2O2. The Hall–Kier alpha value is -3.01. The van der Waals surface area contributed by atoms with E-state index in [1.807, 2.05) is 25.1 Å². The Bertz CT molecular complexity index is 953. The number of esters is 1. The van der Waals surface area contributed by atoms with E-state index in [0.717, 1.165) is 48.8 Å². The number of carbonyl (C=O) groups is 1. The van der Waals surface area contributed by atoms with Crippen molar-refractivity contribution in [3.8, 4) is 22.5 Å². The third kappa shape index (κ3) is 5.32. The predicted molar refractivity (Wildman–Crippen MR) is 121 cm³/mol. The van der Waals surface area contributed by atoms with E-state index in [1.54, 1.807) is 12.4 Å². The van der Waals surface area contributed by atoms with Crippen molar-refractivity contribution in [3.63, 3.8) is 0 Å². The molecule has 0 spiro atoms. The summed E-state index contributed by atoms with van der Waals surface area (Å²) < 4.78 is 5.55. The van der Waals surface area contributed by atoms with Gasteiger partial charge in [-0.1, -0.05) is 75.2 Å². The summed E-state index contributed by atoms with van der Waals surface area (Å²) in [5.74, 6) is 0.261. The van der Waals surface area contributed by atoms with Crippen LogP contribution in [-0.4, -0.2) is 22.0 Å². The molecule has 0 N–H and O–H groups in total. The minimum atomic E-state index is -0.363. The molecule has 0 amide bonds. The molecule has 0 bridgehead atoms. The number of aromatic nitrogens is 2. The molecule has 1 aromatic heterocycles. The fourth-order valence-corrected chi connectivity index (χ4v) is 3.57. The first-order valence-corrected chi connectivity index (χ1v) is 10.8. The first kappa shape index (κ1) is 21.7. The average Bonchev–Trinajstić information content (AvgIpc) is 2.79. The zero-order valence-corrected chi connectivity index (χ0v) is 18.1. The van der Waals surface area contributed by atoms with Crippen LogP contribution in [0.25, 0.3) is 22.5 Å². The third-order valence-electron chi connectivity index (χ3n) is 5.25. The summed E-state index contributed by atoms with van der Waals surface area (Å²) in [7, 11) is 0. The van der Waals surface area contributed by atoms with Crippen molar-refractivity contribution < 1.29 is 9.53 Å². The summed E-state index contributed by atoms with van der Waals surface area (Å²) in [4.78, 5) is 21.5. The summed E-state index contributed by atoms with van der Waals surface area (Å²) in [6.45, 7) is 6.22. The van der Waals surface area contributed by atoms with E-state index in [9.17, 15) is 4.79 Å². The molecular weight excluding hydrogens is 372 g/mol. The van der Waals surface area contributed by atoms with Gasteiger partial charge in [-0.2, -0.15) is 0 Å². The highest BCUT2D eigenvalue weighted by atomic mass is 16.5. The van der Waals surface area contributed by atoms with Crippen LogP contribution in [0.3, 0.4) is 0 Å². The lowest BCUT2D eigenvalue weighted by Crippen LogP contribution is -2.15. The normalized spacial score (nSPS) is 11.8. The Morgan fingerprint density at radius 2 is 1.70 bits per heavy atom. The Morgan fingerprint density at radius 1 is 0.967 bits per heavy atom. The zero-order valence-electron chi connectivity index (χ0n) is 18.1. The monoisotopic (exact) mass is 402 g/mol. The minimum absolute atomic E-state index is 0.103. The first-order valence-electron chi connectivity index (χ1n) is 10.8. The van der Waals surface area contributed by atoms with Gasteiger partial charge in [-0.3, -0.25) is 0 Å². The van der Waals surface area contributed by atoms with Gasteiger partial charge in [0.1, 0.15) is 0 Å². The molecule has 0 saturated carbocycles. The molecule has 0 saturated heterocycles. The number of hydrogen-bond donors (Lipinski definition) is 0. The SMILES string of the molecule is CCCCC[C@@H](C)OC(=O)c1cnc(-c2c(CC)cccc2-c2ccccc2)nc1. The van der Waals surface area contributed by atoms with Gasteiger partial charge in [-0.05, 0) is 42.9 Å². The molecule has 0 fully saturated rings. The van der Waals surface area contributed by atoms with E-state index in [4.69, 9.17) is 4.74 Å². The highest BCUT2D eigenvalue weighted by Gasteiger charge is 2.17. The summed E-state index contributed by atoms with van der Waals surface area (Å²) in [6.07, 6.45) is 8.17. The van der Waals surface area contributed by atoms with Gasteiger partial charge in [0.05, 0.1) is 11.7 Å². The second kappa shape index (κ2) is 10.7. The number of rotatable bonds is 9. The van der Waals surface area contributed by atoms with Crippen molar-refractivity contribution in [1.29, 1.82) is 0 Å². The van der Waals surface area contributed by atoms with Gasteiger partial charge in [-0.25, -0.2) is 14.8 Å². The number of benzene rings is 2. The van der Waals surface area contributed by atoms with Crippen molar-refractivity contribution in [3.05, 3.63) is 72.1 Å². The molecule has 1 atom stereocenters. The van der Waals surface area contributed by atoms with Crippen LogP contribution in [0.4, 0.5) is 0 Å². The summed E-state index contributed by atoms with van der Waals surface area (Å²) in [5.41, 5.74) is 4.79. The quantitative estimate of drug-likeness (QED) is 0.303. The molecule has 30 heavy (non-hydrogen) atoms. The fourth-order valence-electron chi connectivity index (χ4n) is 3.57. The average molecular weight is 403 g/mol. The van der Waals surface area contributed by atoms with E-state index >= 15 is 0 Å². The molecule has 0 aliphatic heterocycles. The van der Waals surface area contributed by atoms with Crippen LogP contribution in [0.1, 0.15) is 62.4 Å². The predicted octanol–water partition coefficient (Wildman–Crippen LogP) is 6.50. The second-order valence-corrected chi connectivity index (χ2v) is 7.57. The van der Waals surface area contributed by atoms with Crippen LogP contribution in [0.5, 0.6) is 0 Å². The number of unbranched alkanes of at least 4 members (excludes halogenated alkanes) is 2. The van der Waals surface area contributed by atoms with E-state index in [-0.39, 0.29) is 12.1 Å². The topological polar surface area (TPSA) is 52.1 Å². The molecule has 4 nitrogen and oxygen atoms in total. The van der Waals surface area contributed by atoms with Crippen LogP contribution in [0, 0.1) is 0 Å². The van der Waals surface area contributed by atoms with Crippen LogP contribution in [-0.2, 0) is 11.2 Å². The maximum atomic E-state index is 12.4. The van der Waals surface area contributed by atoms with Crippen molar-refractivity contribution in [2.24, 2.45) is 0 Å². The number of ether oxygens (including phenoxy) is 1. The van der Waals surface area contributed by atoms with Crippen molar-refractivity contribution in [2.45, 2.75) is 59.0 Å². The zero-order chi connectivity index (χ0) is 21.3. The van der Waals surface area contributed by atoms with Gasteiger partial charge in [0.15, 0.2) is 5.82 Å². The summed E-state index contributed by atoms with van der Waals surface area (Å²) in [6, 6.07) is 16.5. The van der Waals surface area contributed by atoms with E-state index in [0.29, 0.717) is 11.4 Å². The molecule has 4 heteroatoms. The van der Waals surface area contributed by atoms with Gasteiger partial charge in [0, 0.05) is 18.0 Å². The summed E-state index contributed by atoms with van der Waals surface area (Å²) >= 11 is 0. The second-order valence-electron chi connectivity index (χ2n) is 7.57.